The normalized spacial score (nSPS) is 12.5. The molecule has 0 unspecified atom stereocenters. The van der Waals surface area contributed by atoms with Crippen molar-refractivity contribution in [1.82, 2.24) is 4.98 Å². The number of hydrogen-bond acceptors (Lipinski definition) is 3. The topological polar surface area (TPSA) is 53.4 Å². The lowest BCUT2D eigenvalue weighted by atomic mass is 9.81. The summed E-state index contributed by atoms with van der Waals surface area (Å²) in [5.74, 6) is -1.21. The van der Waals surface area contributed by atoms with Crippen LogP contribution >= 0.6 is 0 Å². The van der Waals surface area contributed by atoms with Crippen molar-refractivity contribution < 1.29 is 14.3 Å². The molecule has 4 nitrogen and oxygen atoms in total. The predicted octanol–water partition coefficient (Wildman–Crippen LogP) is 5.37. The maximum absolute atomic E-state index is 13.9. The fraction of sp³-hybridized carbons (Fsp3) is 0.280. The van der Waals surface area contributed by atoms with Crippen LogP contribution in [0.15, 0.2) is 30.5 Å². The van der Waals surface area contributed by atoms with Crippen LogP contribution in [0.3, 0.4) is 0 Å². The van der Waals surface area contributed by atoms with Gasteiger partial charge < -0.3 is 10.0 Å². The molecule has 1 N–H and O–H groups in total. The number of carbonyl (C=O) groups is 1. The van der Waals surface area contributed by atoms with Crippen molar-refractivity contribution in [3.05, 3.63) is 69.7 Å². The van der Waals surface area contributed by atoms with Crippen LogP contribution in [-0.4, -0.2) is 23.1 Å². The van der Waals surface area contributed by atoms with Crippen molar-refractivity contribution in [1.29, 1.82) is 0 Å². The minimum absolute atomic E-state index is 0.0554. The van der Waals surface area contributed by atoms with Crippen LogP contribution in [0.1, 0.15) is 33.4 Å². The van der Waals surface area contributed by atoms with Crippen molar-refractivity contribution in [2.45, 2.75) is 40.7 Å². The zero-order valence-electron chi connectivity index (χ0n) is 17.9. The number of aliphatic carboxylic acids is 1. The molecule has 5 heteroatoms. The molecule has 4 rings (SSSR count). The van der Waals surface area contributed by atoms with E-state index in [1.807, 2.05) is 27.8 Å². The summed E-state index contributed by atoms with van der Waals surface area (Å²) in [6.45, 7) is 8.63. The van der Waals surface area contributed by atoms with Gasteiger partial charge in [-0.05, 0) is 67.1 Å². The molecule has 2 aromatic carbocycles. The first-order valence-corrected chi connectivity index (χ1v) is 10.0. The van der Waals surface area contributed by atoms with Gasteiger partial charge in [-0.1, -0.05) is 23.8 Å². The van der Waals surface area contributed by atoms with E-state index < -0.39 is 5.97 Å². The Balaban J connectivity index is 2.13. The van der Waals surface area contributed by atoms with Crippen LogP contribution in [0.5, 0.6) is 0 Å². The van der Waals surface area contributed by atoms with Gasteiger partial charge in [0, 0.05) is 30.4 Å². The molecule has 2 heterocycles. The molecule has 0 saturated carbocycles. The highest BCUT2D eigenvalue weighted by Gasteiger charge is 2.30. The Morgan fingerprint density at radius 1 is 1.13 bits per heavy atom. The van der Waals surface area contributed by atoms with Gasteiger partial charge in [0.05, 0.1) is 18.3 Å². The van der Waals surface area contributed by atoms with Crippen LogP contribution in [0.2, 0.25) is 0 Å². The average Bonchev–Trinajstić information content (AvgIpc) is 2.65. The third-order valence-electron chi connectivity index (χ3n) is 6.04. The SMILES string of the molecule is Cc1ccc(-c2c(C)c3c(c(C)c2CC(=O)O)N(C)Cc2cc(F)cnc2-3)c(C)c1. The molecule has 0 saturated heterocycles. The van der Waals surface area contributed by atoms with E-state index in [2.05, 4.69) is 35.0 Å². The van der Waals surface area contributed by atoms with E-state index in [9.17, 15) is 14.3 Å². The van der Waals surface area contributed by atoms with E-state index in [0.29, 0.717) is 6.54 Å². The Kier molecular flexibility index (Phi) is 4.85. The van der Waals surface area contributed by atoms with Crippen molar-refractivity contribution in [3.63, 3.8) is 0 Å². The summed E-state index contributed by atoms with van der Waals surface area (Å²) < 4.78 is 13.9. The first-order chi connectivity index (χ1) is 14.2. The highest BCUT2D eigenvalue weighted by molar-refractivity contribution is 5.95. The van der Waals surface area contributed by atoms with Gasteiger partial charge in [0.25, 0.3) is 0 Å². The number of anilines is 1. The zero-order valence-corrected chi connectivity index (χ0v) is 17.9. The number of benzene rings is 2. The van der Waals surface area contributed by atoms with Gasteiger partial charge in [0.1, 0.15) is 5.82 Å². The number of aromatic nitrogens is 1. The summed E-state index contributed by atoms with van der Waals surface area (Å²) in [5, 5.41) is 9.66. The molecule has 1 aromatic heterocycles. The van der Waals surface area contributed by atoms with Gasteiger partial charge in [-0.2, -0.15) is 0 Å². The molecule has 0 atom stereocenters. The molecule has 0 bridgehead atoms. The van der Waals surface area contributed by atoms with E-state index in [0.717, 1.165) is 61.5 Å². The maximum Gasteiger partial charge on any atom is 0.307 e. The first-order valence-electron chi connectivity index (χ1n) is 10.0. The summed E-state index contributed by atoms with van der Waals surface area (Å²) in [6, 6.07) is 7.77. The quantitative estimate of drug-likeness (QED) is 0.638. The summed E-state index contributed by atoms with van der Waals surface area (Å²) in [6.07, 6.45) is 1.20. The second kappa shape index (κ2) is 7.24. The van der Waals surface area contributed by atoms with Crippen molar-refractivity contribution in [3.8, 4) is 22.4 Å². The number of halogens is 1. The summed E-state index contributed by atoms with van der Waals surface area (Å²) >= 11 is 0. The highest BCUT2D eigenvalue weighted by atomic mass is 19.1. The van der Waals surface area contributed by atoms with Gasteiger partial charge in [-0.15, -0.1) is 0 Å². The highest BCUT2D eigenvalue weighted by Crippen LogP contribution is 2.48. The number of rotatable bonds is 3. The number of pyridine rings is 1. The van der Waals surface area contributed by atoms with Crippen LogP contribution < -0.4 is 4.90 Å². The number of carboxylic acid groups (broad SMARTS) is 1. The molecule has 1 aliphatic heterocycles. The second-order valence-electron chi connectivity index (χ2n) is 8.23. The molecule has 0 aliphatic carbocycles. The second-order valence-corrected chi connectivity index (χ2v) is 8.23. The summed E-state index contributed by atoms with van der Waals surface area (Å²) in [4.78, 5) is 18.3. The van der Waals surface area contributed by atoms with E-state index in [-0.39, 0.29) is 12.2 Å². The molecule has 0 radical (unpaired) electrons. The smallest absolute Gasteiger partial charge is 0.307 e. The fourth-order valence-electron chi connectivity index (χ4n) is 4.81. The molecule has 1 aliphatic rings. The fourth-order valence-corrected chi connectivity index (χ4v) is 4.81. The molecule has 3 aromatic rings. The Labute approximate surface area is 176 Å². The monoisotopic (exact) mass is 404 g/mol. The Bertz CT molecular complexity index is 1200. The molecular formula is C25H25FN2O2. The minimum atomic E-state index is -0.859. The lowest BCUT2D eigenvalue weighted by Crippen LogP contribution is -2.25. The third kappa shape index (κ3) is 3.15. The number of nitrogens with zero attached hydrogens (tertiary/aromatic N) is 2. The molecule has 0 spiro atoms. The van der Waals surface area contributed by atoms with Crippen molar-refractivity contribution in [2.24, 2.45) is 0 Å². The third-order valence-corrected chi connectivity index (χ3v) is 6.04. The van der Waals surface area contributed by atoms with Crippen LogP contribution in [0.4, 0.5) is 10.1 Å². The number of hydrogen-bond donors (Lipinski definition) is 1. The van der Waals surface area contributed by atoms with E-state index in [4.69, 9.17) is 0 Å². The van der Waals surface area contributed by atoms with E-state index in [1.54, 1.807) is 6.07 Å². The van der Waals surface area contributed by atoms with Gasteiger partial charge in [0.15, 0.2) is 0 Å². The van der Waals surface area contributed by atoms with E-state index >= 15 is 0 Å². The lowest BCUT2D eigenvalue weighted by Gasteiger charge is -2.34. The maximum atomic E-state index is 13.9. The zero-order chi connectivity index (χ0) is 21.7. The molecule has 0 amide bonds. The van der Waals surface area contributed by atoms with Gasteiger partial charge in [-0.3, -0.25) is 9.78 Å². The number of aryl methyl sites for hydroxylation is 2. The molecule has 0 fully saturated rings. The average molecular weight is 404 g/mol. The van der Waals surface area contributed by atoms with Gasteiger partial charge >= 0.3 is 5.97 Å². The number of fused-ring (bicyclic) bond motifs is 3. The van der Waals surface area contributed by atoms with Crippen molar-refractivity contribution in [2.75, 3.05) is 11.9 Å². The summed E-state index contributed by atoms with van der Waals surface area (Å²) in [7, 11) is 1.96. The minimum Gasteiger partial charge on any atom is -0.481 e. The number of carboxylic acids is 1. The molecule has 30 heavy (non-hydrogen) atoms. The molecule has 154 valence electrons. The predicted molar refractivity (Wildman–Crippen MR) is 117 cm³/mol. The van der Waals surface area contributed by atoms with Crippen LogP contribution in [0, 0.1) is 33.5 Å². The first kappa shape index (κ1) is 20.1. The Morgan fingerprint density at radius 3 is 2.53 bits per heavy atom. The Hall–Kier alpha value is -3.21. The van der Waals surface area contributed by atoms with Crippen molar-refractivity contribution >= 4 is 11.7 Å². The Morgan fingerprint density at radius 2 is 1.87 bits per heavy atom. The summed E-state index contributed by atoms with van der Waals surface area (Å²) in [5.41, 5.74) is 10.5. The van der Waals surface area contributed by atoms with Crippen LogP contribution in [0.25, 0.3) is 22.4 Å². The van der Waals surface area contributed by atoms with E-state index in [1.165, 1.54) is 6.20 Å². The van der Waals surface area contributed by atoms with Gasteiger partial charge in [0.2, 0.25) is 0 Å². The lowest BCUT2D eigenvalue weighted by molar-refractivity contribution is -0.136. The standard InChI is InChI=1S/C25H25FN2O2/c1-13-6-7-19(14(2)8-13)22-16(4)23-24-17(9-18(26)11-27-24)12-28(5)25(23)15(3)20(22)10-21(29)30/h6-9,11H,10,12H2,1-5H3,(H,29,30). The molecular weight excluding hydrogens is 379 g/mol. The van der Waals surface area contributed by atoms with Gasteiger partial charge in [-0.25, -0.2) is 4.39 Å². The van der Waals surface area contributed by atoms with Crippen LogP contribution in [-0.2, 0) is 17.8 Å². The largest absolute Gasteiger partial charge is 0.481 e.